The number of hydrogen-bond donors (Lipinski definition) is 2. The van der Waals surface area contributed by atoms with Gasteiger partial charge in [0, 0.05) is 19.0 Å². The minimum atomic E-state index is -0.792. The number of benzene rings is 1. The van der Waals surface area contributed by atoms with Gasteiger partial charge in [-0.1, -0.05) is 6.07 Å². The van der Waals surface area contributed by atoms with Gasteiger partial charge in [0.25, 0.3) is 0 Å². The van der Waals surface area contributed by atoms with Crippen molar-refractivity contribution in [2.75, 3.05) is 6.54 Å². The van der Waals surface area contributed by atoms with Gasteiger partial charge < -0.3 is 10.4 Å². The summed E-state index contributed by atoms with van der Waals surface area (Å²) in [5.74, 6) is -0.274. The van der Waals surface area contributed by atoms with Crippen LogP contribution in [-0.4, -0.2) is 23.3 Å². The van der Waals surface area contributed by atoms with E-state index in [9.17, 15) is 9.50 Å². The molecule has 1 aliphatic rings. The number of halogens is 2. The molecule has 4 heteroatoms. The molecule has 1 aromatic carbocycles. The maximum Gasteiger partial charge on any atom is 0.137 e. The van der Waals surface area contributed by atoms with Gasteiger partial charge in [-0.05, 0) is 53.4 Å². The smallest absolute Gasteiger partial charge is 0.137 e. The number of rotatable bonds is 5. The van der Waals surface area contributed by atoms with Crippen molar-refractivity contribution in [2.24, 2.45) is 0 Å². The molecule has 1 atom stereocenters. The topological polar surface area (TPSA) is 32.3 Å². The Balaban J connectivity index is 1.94. The third-order valence-electron chi connectivity index (χ3n) is 2.92. The fraction of sp³-hybridized carbons (Fsp3) is 0.538. The fourth-order valence-electron chi connectivity index (χ4n) is 1.80. The summed E-state index contributed by atoms with van der Waals surface area (Å²) in [6, 6.07) is 5.44. The Morgan fingerprint density at radius 1 is 1.53 bits per heavy atom. The first-order valence-corrected chi connectivity index (χ1v) is 6.65. The van der Waals surface area contributed by atoms with E-state index in [0.29, 0.717) is 23.5 Å². The molecule has 2 nitrogen and oxygen atoms in total. The maximum absolute atomic E-state index is 13.1. The lowest BCUT2D eigenvalue weighted by Crippen LogP contribution is -2.40. The second-order valence-corrected chi connectivity index (χ2v) is 5.93. The van der Waals surface area contributed by atoms with Crippen LogP contribution in [0.25, 0.3) is 0 Å². The summed E-state index contributed by atoms with van der Waals surface area (Å²) < 4.78 is 13.5. The number of aliphatic hydroxyl groups is 1. The van der Waals surface area contributed by atoms with E-state index in [4.69, 9.17) is 0 Å². The first-order chi connectivity index (χ1) is 7.96. The summed E-state index contributed by atoms with van der Waals surface area (Å²) in [6.07, 6.45) is 2.93. The van der Waals surface area contributed by atoms with Crippen LogP contribution in [-0.2, 0) is 6.42 Å². The van der Waals surface area contributed by atoms with Crippen molar-refractivity contribution < 1.29 is 9.50 Å². The molecule has 0 radical (unpaired) electrons. The van der Waals surface area contributed by atoms with E-state index in [1.54, 1.807) is 19.1 Å². The van der Waals surface area contributed by atoms with Crippen molar-refractivity contribution in [1.29, 1.82) is 0 Å². The van der Waals surface area contributed by atoms with Gasteiger partial charge in [-0.3, -0.25) is 0 Å². The molecule has 1 saturated carbocycles. The van der Waals surface area contributed by atoms with Crippen molar-refractivity contribution in [3.05, 3.63) is 34.1 Å². The SMILES string of the molecule is CC(O)(CNC1CC1)Cc1ccc(F)c(Br)c1. The molecule has 17 heavy (non-hydrogen) atoms. The second kappa shape index (κ2) is 5.04. The molecule has 1 fully saturated rings. The summed E-state index contributed by atoms with van der Waals surface area (Å²) in [5, 5.41) is 13.5. The van der Waals surface area contributed by atoms with Crippen LogP contribution < -0.4 is 5.32 Å². The zero-order valence-electron chi connectivity index (χ0n) is 9.84. The summed E-state index contributed by atoms with van der Waals surface area (Å²) in [5.41, 5.74) is 0.140. The normalized spacial score (nSPS) is 19.1. The van der Waals surface area contributed by atoms with Gasteiger partial charge in [-0.25, -0.2) is 4.39 Å². The first-order valence-electron chi connectivity index (χ1n) is 5.86. The monoisotopic (exact) mass is 301 g/mol. The van der Waals surface area contributed by atoms with Gasteiger partial charge in [-0.2, -0.15) is 0 Å². The molecular formula is C13H17BrFNO. The Morgan fingerprint density at radius 3 is 2.82 bits per heavy atom. The van der Waals surface area contributed by atoms with Gasteiger partial charge in [0.2, 0.25) is 0 Å². The van der Waals surface area contributed by atoms with E-state index < -0.39 is 5.60 Å². The molecule has 0 aromatic heterocycles. The second-order valence-electron chi connectivity index (χ2n) is 5.08. The Kier molecular flexibility index (Phi) is 3.85. The van der Waals surface area contributed by atoms with E-state index >= 15 is 0 Å². The highest BCUT2D eigenvalue weighted by Gasteiger charge is 2.26. The van der Waals surface area contributed by atoms with Gasteiger partial charge in [0.05, 0.1) is 10.1 Å². The van der Waals surface area contributed by atoms with Gasteiger partial charge in [0.1, 0.15) is 5.82 Å². The summed E-state index contributed by atoms with van der Waals surface area (Å²) in [4.78, 5) is 0. The van der Waals surface area contributed by atoms with E-state index in [1.165, 1.54) is 18.9 Å². The van der Waals surface area contributed by atoms with Gasteiger partial charge >= 0.3 is 0 Å². The molecular weight excluding hydrogens is 285 g/mol. The van der Waals surface area contributed by atoms with Crippen LogP contribution in [0.5, 0.6) is 0 Å². The van der Waals surface area contributed by atoms with Crippen molar-refractivity contribution in [2.45, 2.75) is 37.8 Å². The van der Waals surface area contributed by atoms with Crippen LogP contribution in [0.1, 0.15) is 25.3 Å². The molecule has 2 N–H and O–H groups in total. The predicted molar refractivity (Wildman–Crippen MR) is 69.5 cm³/mol. The molecule has 2 rings (SSSR count). The summed E-state index contributed by atoms with van der Waals surface area (Å²) >= 11 is 3.15. The van der Waals surface area contributed by atoms with Crippen LogP contribution in [0.3, 0.4) is 0 Å². The molecule has 1 unspecified atom stereocenters. The Bertz CT molecular complexity index is 404. The zero-order chi connectivity index (χ0) is 12.5. The lowest BCUT2D eigenvalue weighted by atomic mass is 9.96. The van der Waals surface area contributed by atoms with Crippen molar-refractivity contribution in [1.82, 2.24) is 5.32 Å². The van der Waals surface area contributed by atoms with Crippen LogP contribution in [0.2, 0.25) is 0 Å². The minimum Gasteiger partial charge on any atom is -0.389 e. The average molecular weight is 302 g/mol. The zero-order valence-corrected chi connectivity index (χ0v) is 11.4. The predicted octanol–water partition coefficient (Wildman–Crippen LogP) is 2.63. The number of hydrogen-bond acceptors (Lipinski definition) is 2. The molecule has 0 aliphatic heterocycles. The first kappa shape index (κ1) is 13.0. The van der Waals surface area contributed by atoms with E-state index in [1.807, 2.05) is 0 Å². The minimum absolute atomic E-state index is 0.274. The van der Waals surface area contributed by atoms with E-state index in [-0.39, 0.29) is 5.82 Å². The van der Waals surface area contributed by atoms with Gasteiger partial charge in [0.15, 0.2) is 0 Å². The molecule has 0 saturated heterocycles. The van der Waals surface area contributed by atoms with Crippen LogP contribution in [0, 0.1) is 5.82 Å². The molecule has 0 bridgehead atoms. The van der Waals surface area contributed by atoms with Crippen molar-refractivity contribution in [3.63, 3.8) is 0 Å². The summed E-state index contributed by atoms with van der Waals surface area (Å²) in [6.45, 7) is 2.38. The fourth-order valence-corrected chi connectivity index (χ4v) is 2.23. The molecule has 1 aliphatic carbocycles. The highest BCUT2D eigenvalue weighted by atomic mass is 79.9. The highest BCUT2D eigenvalue weighted by Crippen LogP contribution is 2.22. The number of nitrogens with one attached hydrogen (secondary N) is 1. The average Bonchev–Trinajstić information content (AvgIpc) is 3.04. The quantitative estimate of drug-likeness (QED) is 0.876. The van der Waals surface area contributed by atoms with Crippen molar-refractivity contribution >= 4 is 15.9 Å². The molecule has 0 heterocycles. The third kappa shape index (κ3) is 4.05. The van der Waals surface area contributed by atoms with Crippen LogP contribution in [0.4, 0.5) is 4.39 Å². The largest absolute Gasteiger partial charge is 0.389 e. The van der Waals surface area contributed by atoms with E-state index in [0.717, 1.165) is 5.56 Å². The van der Waals surface area contributed by atoms with Crippen LogP contribution in [0.15, 0.2) is 22.7 Å². The summed E-state index contributed by atoms with van der Waals surface area (Å²) in [7, 11) is 0. The maximum atomic E-state index is 13.1. The Hall–Kier alpha value is -0.450. The van der Waals surface area contributed by atoms with Crippen molar-refractivity contribution in [3.8, 4) is 0 Å². The molecule has 0 amide bonds. The molecule has 1 aromatic rings. The standard InChI is InChI=1S/C13H17BrFNO/c1-13(17,8-16-10-3-4-10)7-9-2-5-12(15)11(14)6-9/h2,5-6,10,16-17H,3-4,7-8H2,1H3. The molecule has 94 valence electrons. The molecule has 0 spiro atoms. The lowest BCUT2D eigenvalue weighted by Gasteiger charge is -2.24. The Morgan fingerprint density at radius 2 is 2.24 bits per heavy atom. The highest BCUT2D eigenvalue weighted by molar-refractivity contribution is 9.10. The third-order valence-corrected chi connectivity index (χ3v) is 3.53. The van der Waals surface area contributed by atoms with Crippen LogP contribution >= 0.6 is 15.9 Å². The van der Waals surface area contributed by atoms with Gasteiger partial charge in [-0.15, -0.1) is 0 Å². The van der Waals surface area contributed by atoms with E-state index in [2.05, 4.69) is 21.2 Å². The Labute approximate surface area is 109 Å². The lowest BCUT2D eigenvalue weighted by molar-refractivity contribution is 0.0597.